The number of thioether (sulfide) groups is 1. The molecule has 0 aromatic carbocycles. The van der Waals surface area contributed by atoms with E-state index in [4.69, 9.17) is 15.9 Å². The van der Waals surface area contributed by atoms with Crippen LogP contribution in [0.5, 0.6) is 0 Å². The molecule has 5 nitrogen and oxygen atoms in total. The van der Waals surface area contributed by atoms with Crippen molar-refractivity contribution in [2.75, 3.05) is 11.5 Å². The van der Waals surface area contributed by atoms with Crippen LogP contribution in [0.3, 0.4) is 0 Å². The quantitative estimate of drug-likeness (QED) is 0.469. The summed E-state index contributed by atoms with van der Waals surface area (Å²) in [6.07, 6.45) is 0. The Morgan fingerprint density at radius 3 is 2.81 bits per heavy atom. The molecule has 0 aliphatic carbocycles. The van der Waals surface area contributed by atoms with Crippen molar-refractivity contribution in [3.05, 3.63) is 17.5 Å². The topological polar surface area (TPSA) is 83.7 Å². The second-order valence-electron chi connectivity index (χ2n) is 2.88. The van der Waals surface area contributed by atoms with E-state index in [0.29, 0.717) is 10.9 Å². The molecule has 0 N–H and O–H groups in total. The number of hydrogen-bond donors (Lipinski definition) is 0. The van der Waals surface area contributed by atoms with Crippen LogP contribution >= 0.6 is 22.4 Å². The van der Waals surface area contributed by atoms with Crippen LogP contribution in [-0.4, -0.2) is 29.9 Å². The van der Waals surface area contributed by atoms with Gasteiger partial charge in [-0.25, -0.2) is 18.4 Å². The van der Waals surface area contributed by atoms with Crippen molar-refractivity contribution in [3.63, 3.8) is 0 Å². The van der Waals surface area contributed by atoms with E-state index in [1.54, 1.807) is 13.0 Å². The Bertz CT molecular complexity index is 525. The lowest BCUT2D eigenvalue weighted by Gasteiger charge is -2.00. The third-order valence-corrected chi connectivity index (χ3v) is 3.77. The molecule has 0 radical (unpaired) electrons. The molecule has 0 spiro atoms. The highest BCUT2D eigenvalue weighted by Crippen LogP contribution is 2.15. The maximum atomic E-state index is 10.7. The molecule has 0 aliphatic heterocycles. The molecule has 8 heteroatoms. The Labute approximate surface area is 102 Å². The van der Waals surface area contributed by atoms with Crippen molar-refractivity contribution in [2.45, 2.75) is 12.1 Å². The number of hydrogen-bond acceptors (Lipinski definition) is 6. The summed E-state index contributed by atoms with van der Waals surface area (Å²) in [4.78, 5) is 7.99. The average molecular weight is 278 g/mol. The van der Waals surface area contributed by atoms with Gasteiger partial charge in [0.25, 0.3) is 0 Å². The first-order chi connectivity index (χ1) is 7.40. The van der Waals surface area contributed by atoms with E-state index >= 15 is 0 Å². The van der Waals surface area contributed by atoms with Gasteiger partial charge in [0.2, 0.25) is 9.05 Å². The van der Waals surface area contributed by atoms with Gasteiger partial charge in [-0.15, -0.1) is 0 Å². The standard InChI is InChI=1S/C8H8ClN3O2S2/c1-6-4-7(5-10)12-8(11-6)15-2-3-16(9,13)14/h4H,2-3H2,1H3. The van der Waals surface area contributed by atoms with E-state index in [-0.39, 0.29) is 17.2 Å². The molecule has 0 amide bonds. The maximum absolute atomic E-state index is 10.7. The van der Waals surface area contributed by atoms with Gasteiger partial charge in [-0.2, -0.15) is 5.26 Å². The molecule has 0 saturated carbocycles. The SMILES string of the molecule is Cc1cc(C#N)nc(SCCS(=O)(=O)Cl)n1. The van der Waals surface area contributed by atoms with Gasteiger partial charge in [0.15, 0.2) is 5.16 Å². The van der Waals surface area contributed by atoms with Crippen LogP contribution in [0.1, 0.15) is 11.4 Å². The molecular weight excluding hydrogens is 270 g/mol. The van der Waals surface area contributed by atoms with Gasteiger partial charge >= 0.3 is 0 Å². The Kier molecular flexibility index (Phi) is 4.53. The lowest BCUT2D eigenvalue weighted by Crippen LogP contribution is -2.01. The van der Waals surface area contributed by atoms with Crippen LogP contribution in [0.4, 0.5) is 0 Å². The summed E-state index contributed by atoms with van der Waals surface area (Å²) in [5.41, 5.74) is 0.937. The van der Waals surface area contributed by atoms with Crippen LogP contribution in [0.2, 0.25) is 0 Å². The van der Waals surface area contributed by atoms with Crippen molar-refractivity contribution < 1.29 is 8.42 Å². The van der Waals surface area contributed by atoms with Gasteiger partial charge in [-0.1, -0.05) is 11.8 Å². The van der Waals surface area contributed by atoms with Gasteiger partial charge in [0, 0.05) is 22.1 Å². The predicted molar refractivity (Wildman–Crippen MR) is 61.8 cm³/mol. The van der Waals surface area contributed by atoms with Crippen molar-refractivity contribution in [3.8, 4) is 6.07 Å². The third-order valence-electron chi connectivity index (χ3n) is 1.51. The van der Waals surface area contributed by atoms with Crippen molar-refractivity contribution in [2.24, 2.45) is 0 Å². The normalized spacial score (nSPS) is 11.1. The van der Waals surface area contributed by atoms with Crippen LogP contribution in [0.15, 0.2) is 11.2 Å². The highest BCUT2D eigenvalue weighted by atomic mass is 35.7. The molecule has 86 valence electrons. The van der Waals surface area contributed by atoms with E-state index in [1.807, 2.05) is 6.07 Å². The number of halogens is 1. The summed E-state index contributed by atoms with van der Waals surface area (Å²) >= 11 is 1.15. The lowest BCUT2D eigenvalue weighted by molar-refractivity contribution is 0.611. The monoisotopic (exact) mass is 277 g/mol. The largest absolute Gasteiger partial charge is 0.233 e. The van der Waals surface area contributed by atoms with Crippen molar-refractivity contribution in [1.29, 1.82) is 5.26 Å². The second-order valence-corrected chi connectivity index (χ2v) is 6.84. The Balaban J connectivity index is 2.68. The zero-order chi connectivity index (χ0) is 12.2. The lowest BCUT2D eigenvalue weighted by atomic mass is 10.4. The zero-order valence-corrected chi connectivity index (χ0v) is 10.7. The van der Waals surface area contributed by atoms with Gasteiger partial charge in [-0.3, -0.25) is 0 Å². The van der Waals surface area contributed by atoms with E-state index in [1.165, 1.54) is 0 Å². The summed E-state index contributed by atoms with van der Waals surface area (Å²) in [5.74, 6) is 0.110. The van der Waals surface area contributed by atoms with Crippen LogP contribution < -0.4 is 0 Å². The van der Waals surface area contributed by atoms with E-state index < -0.39 is 9.05 Å². The fraction of sp³-hybridized carbons (Fsp3) is 0.375. The van der Waals surface area contributed by atoms with Gasteiger partial charge < -0.3 is 0 Å². The molecule has 0 bridgehead atoms. The first kappa shape index (κ1) is 13.2. The molecule has 1 heterocycles. The minimum atomic E-state index is -3.49. The highest BCUT2D eigenvalue weighted by Gasteiger charge is 2.07. The van der Waals surface area contributed by atoms with Gasteiger partial charge in [0.1, 0.15) is 11.8 Å². The second kappa shape index (κ2) is 5.48. The minimum absolute atomic E-state index is 0.154. The Hall–Kier alpha value is -0.840. The summed E-state index contributed by atoms with van der Waals surface area (Å²) in [6, 6.07) is 3.46. The molecule has 0 aliphatic rings. The number of nitriles is 1. The van der Waals surface area contributed by atoms with E-state index in [9.17, 15) is 8.42 Å². The van der Waals surface area contributed by atoms with Crippen LogP contribution in [-0.2, 0) is 9.05 Å². The first-order valence-electron chi connectivity index (χ1n) is 4.21. The minimum Gasteiger partial charge on any atom is -0.228 e. The number of nitrogens with zero attached hydrogens (tertiary/aromatic N) is 3. The van der Waals surface area contributed by atoms with Gasteiger partial charge in [-0.05, 0) is 13.0 Å². The number of aryl methyl sites for hydroxylation is 1. The van der Waals surface area contributed by atoms with Gasteiger partial charge in [0.05, 0.1) is 5.75 Å². The zero-order valence-electron chi connectivity index (χ0n) is 8.34. The van der Waals surface area contributed by atoms with E-state index in [2.05, 4.69) is 9.97 Å². The molecule has 0 saturated heterocycles. The molecule has 0 unspecified atom stereocenters. The Morgan fingerprint density at radius 2 is 2.25 bits per heavy atom. The summed E-state index contributed by atoms with van der Waals surface area (Å²) in [7, 11) is 1.57. The van der Waals surface area contributed by atoms with Crippen LogP contribution in [0.25, 0.3) is 0 Å². The molecule has 16 heavy (non-hydrogen) atoms. The first-order valence-corrected chi connectivity index (χ1v) is 7.68. The Morgan fingerprint density at radius 1 is 1.56 bits per heavy atom. The number of rotatable bonds is 4. The molecular formula is C8H8ClN3O2S2. The fourth-order valence-corrected chi connectivity index (χ4v) is 3.15. The molecule has 1 rings (SSSR count). The van der Waals surface area contributed by atoms with Crippen molar-refractivity contribution >= 4 is 31.5 Å². The van der Waals surface area contributed by atoms with E-state index in [0.717, 1.165) is 11.8 Å². The number of aromatic nitrogens is 2. The summed E-state index contributed by atoms with van der Waals surface area (Å²) < 4.78 is 21.3. The van der Waals surface area contributed by atoms with Crippen molar-refractivity contribution in [1.82, 2.24) is 9.97 Å². The predicted octanol–water partition coefficient (Wildman–Crippen LogP) is 1.32. The molecule has 0 atom stereocenters. The molecule has 0 fully saturated rings. The molecule has 1 aromatic rings. The van der Waals surface area contributed by atoms with Crippen LogP contribution in [0, 0.1) is 18.3 Å². The average Bonchev–Trinajstić information content (AvgIpc) is 2.14. The molecule has 1 aromatic heterocycles. The summed E-state index contributed by atoms with van der Waals surface area (Å²) in [5, 5.41) is 9.06. The smallest absolute Gasteiger partial charge is 0.228 e. The third kappa shape index (κ3) is 4.79. The summed E-state index contributed by atoms with van der Waals surface area (Å²) in [6.45, 7) is 1.74. The highest BCUT2D eigenvalue weighted by molar-refractivity contribution is 8.14. The maximum Gasteiger partial charge on any atom is 0.233 e. The fourth-order valence-electron chi connectivity index (χ4n) is 0.896.